The van der Waals surface area contributed by atoms with Gasteiger partial charge >= 0.3 is 0 Å². The summed E-state index contributed by atoms with van der Waals surface area (Å²) in [4.78, 5) is 11.8. The topological polar surface area (TPSA) is 50.4 Å². The average Bonchev–Trinajstić information content (AvgIpc) is 3.20. The van der Waals surface area contributed by atoms with Gasteiger partial charge in [0.2, 0.25) is 5.91 Å². The zero-order valence-electron chi connectivity index (χ0n) is 11.2. The number of methoxy groups -OCH3 is 1. The van der Waals surface area contributed by atoms with Crippen molar-refractivity contribution in [3.8, 4) is 5.75 Å². The summed E-state index contributed by atoms with van der Waals surface area (Å²) in [6.45, 7) is 2.37. The first-order valence-electron chi connectivity index (χ1n) is 6.46. The van der Waals surface area contributed by atoms with E-state index in [2.05, 4.69) is 26.6 Å². The molecule has 0 saturated heterocycles. The molecule has 5 heteroatoms. The number of carbonyl (C=O) groups is 1. The van der Waals surface area contributed by atoms with E-state index in [0.717, 1.165) is 15.8 Å². The Kier molecular flexibility index (Phi) is 4.82. The van der Waals surface area contributed by atoms with Crippen LogP contribution in [0.25, 0.3) is 0 Å². The van der Waals surface area contributed by atoms with Crippen molar-refractivity contribution in [2.45, 2.75) is 31.8 Å². The lowest BCUT2D eigenvalue weighted by molar-refractivity contribution is -0.120. The Morgan fingerprint density at radius 1 is 1.53 bits per heavy atom. The second-order valence-corrected chi connectivity index (χ2v) is 5.69. The molecule has 1 amide bonds. The predicted octanol–water partition coefficient (Wildman–Crippen LogP) is 2.39. The van der Waals surface area contributed by atoms with Gasteiger partial charge in [-0.3, -0.25) is 4.79 Å². The maximum absolute atomic E-state index is 11.8. The molecule has 1 aromatic carbocycles. The molecule has 0 aromatic heterocycles. The van der Waals surface area contributed by atoms with Crippen molar-refractivity contribution in [2.75, 3.05) is 13.7 Å². The molecule has 0 bridgehead atoms. The van der Waals surface area contributed by atoms with E-state index < -0.39 is 0 Å². The van der Waals surface area contributed by atoms with Crippen LogP contribution in [0, 0.1) is 0 Å². The first-order valence-corrected chi connectivity index (χ1v) is 7.25. The molecule has 0 heterocycles. The van der Waals surface area contributed by atoms with E-state index in [1.165, 1.54) is 12.8 Å². The molecule has 19 heavy (non-hydrogen) atoms. The average molecular weight is 327 g/mol. The quantitative estimate of drug-likeness (QED) is 0.843. The normalized spacial score (nSPS) is 15.9. The number of rotatable bonds is 6. The van der Waals surface area contributed by atoms with Gasteiger partial charge in [0, 0.05) is 6.04 Å². The highest BCUT2D eigenvalue weighted by Crippen LogP contribution is 2.27. The van der Waals surface area contributed by atoms with Gasteiger partial charge in [0.25, 0.3) is 0 Å². The largest absolute Gasteiger partial charge is 0.496 e. The van der Waals surface area contributed by atoms with E-state index in [1.807, 2.05) is 25.1 Å². The predicted molar refractivity (Wildman–Crippen MR) is 78.3 cm³/mol. The molecule has 2 rings (SSSR count). The highest BCUT2D eigenvalue weighted by Gasteiger charge is 2.21. The molecule has 4 nitrogen and oxygen atoms in total. The lowest BCUT2D eigenvalue weighted by Gasteiger charge is -2.16. The van der Waals surface area contributed by atoms with Crippen molar-refractivity contribution in [3.63, 3.8) is 0 Å². The number of hydrogen-bond acceptors (Lipinski definition) is 3. The fourth-order valence-electron chi connectivity index (χ4n) is 1.85. The zero-order chi connectivity index (χ0) is 13.8. The van der Waals surface area contributed by atoms with Gasteiger partial charge < -0.3 is 15.4 Å². The number of amides is 1. The number of nitrogens with one attached hydrogen (secondary N) is 2. The molecular formula is C14H19BrN2O2. The van der Waals surface area contributed by atoms with Crippen LogP contribution in [-0.4, -0.2) is 25.6 Å². The van der Waals surface area contributed by atoms with Gasteiger partial charge in [-0.15, -0.1) is 0 Å². The highest BCUT2D eigenvalue weighted by atomic mass is 79.9. The number of ether oxygens (including phenoxy) is 1. The van der Waals surface area contributed by atoms with E-state index in [1.54, 1.807) is 7.11 Å². The lowest BCUT2D eigenvalue weighted by Crippen LogP contribution is -2.36. The summed E-state index contributed by atoms with van der Waals surface area (Å²) in [6.07, 6.45) is 2.38. The third kappa shape index (κ3) is 4.21. The van der Waals surface area contributed by atoms with E-state index in [9.17, 15) is 4.79 Å². The summed E-state index contributed by atoms with van der Waals surface area (Å²) in [5.41, 5.74) is 1.05. The number of halogens is 1. The number of hydrogen-bond donors (Lipinski definition) is 2. The van der Waals surface area contributed by atoms with Crippen LogP contribution in [0.4, 0.5) is 0 Å². The van der Waals surface area contributed by atoms with E-state index in [0.29, 0.717) is 12.6 Å². The summed E-state index contributed by atoms with van der Waals surface area (Å²) in [5, 5.41) is 6.18. The third-order valence-corrected chi connectivity index (χ3v) is 3.80. The smallest absolute Gasteiger partial charge is 0.234 e. The van der Waals surface area contributed by atoms with Gasteiger partial charge in [-0.05, 0) is 53.4 Å². The molecule has 1 fully saturated rings. The minimum Gasteiger partial charge on any atom is -0.496 e. The summed E-state index contributed by atoms with van der Waals surface area (Å²) in [5.74, 6) is 0.823. The third-order valence-electron chi connectivity index (χ3n) is 3.18. The van der Waals surface area contributed by atoms with Crippen molar-refractivity contribution in [3.05, 3.63) is 28.2 Å². The summed E-state index contributed by atoms with van der Waals surface area (Å²) in [6, 6.07) is 6.36. The van der Waals surface area contributed by atoms with Crippen LogP contribution < -0.4 is 15.4 Å². The highest BCUT2D eigenvalue weighted by molar-refractivity contribution is 9.10. The maximum Gasteiger partial charge on any atom is 0.234 e. The van der Waals surface area contributed by atoms with Crippen LogP contribution in [0.5, 0.6) is 5.75 Å². The van der Waals surface area contributed by atoms with Gasteiger partial charge in [-0.1, -0.05) is 6.07 Å². The summed E-state index contributed by atoms with van der Waals surface area (Å²) in [7, 11) is 1.63. The molecule has 0 aliphatic heterocycles. The summed E-state index contributed by atoms with van der Waals surface area (Å²) >= 11 is 3.45. The summed E-state index contributed by atoms with van der Waals surface area (Å²) < 4.78 is 6.08. The van der Waals surface area contributed by atoms with E-state index in [-0.39, 0.29) is 11.9 Å². The van der Waals surface area contributed by atoms with E-state index in [4.69, 9.17) is 4.74 Å². The van der Waals surface area contributed by atoms with Crippen molar-refractivity contribution in [1.82, 2.24) is 10.6 Å². The standard InChI is InChI=1S/C14H19BrN2O2/c1-9(17-14(18)8-16-11-4-5-11)10-3-6-13(19-2)12(15)7-10/h3,6-7,9,11,16H,4-5,8H2,1-2H3,(H,17,18). The number of benzene rings is 1. The Bertz CT molecular complexity index is 461. The van der Waals surface area contributed by atoms with E-state index >= 15 is 0 Å². The van der Waals surface area contributed by atoms with Gasteiger partial charge in [0.1, 0.15) is 5.75 Å². The molecule has 0 spiro atoms. The van der Waals surface area contributed by atoms with Crippen LogP contribution in [-0.2, 0) is 4.79 Å². The first kappa shape index (κ1) is 14.3. The van der Waals surface area contributed by atoms with Crippen LogP contribution in [0.1, 0.15) is 31.4 Å². The lowest BCUT2D eigenvalue weighted by atomic mass is 10.1. The molecule has 1 atom stereocenters. The van der Waals surface area contributed by atoms with Crippen molar-refractivity contribution >= 4 is 21.8 Å². The van der Waals surface area contributed by atoms with Gasteiger partial charge in [0.15, 0.2) is 0 Å². The second-order valence-electron chi connectivity index (χ2n) is 4.84. The SMILES string of the molecule is COc1ccc(C(C)NC(=O)CNC2CC2)cc1Br. The Hall–Kier alpha value is -1.07. The van der Waals surface area contributed by atoms with Crippen LogP contribution in [0.3, 0.4) is 0 Å². The van der Waals surface area contributed by atoms with Crippen molar-refractivity contribution in [2.24, 2.45) is 0 Å². The minimum atomic E-state index is -0.0179. The molecule has 0 radical (unpaired) electrons. The fraction of sp³-hybridized carbons (Fsp3) is 0.500. The maximum atomic E-state index is 11.8. The molecular weight excluding hydrogens is 308 g/mol. The monoisotopic (exact) mass is 326 g/mol. The fourth-order valence-corrected chi connectivity index (χ4v) is 2.41. The van der Waals surface area contributed by atoms with Gasteiger partial charge in [-0.25, -0.2) is 0 Å². The van der Waals surface area contributed by atoms with Crippen molar-refractivity contribution in [1.29, 1.82) is 0 Å². The zero-order valence-corrected chi connectivity index (χ0v) is 12.8. The molecule has 104 valence electrons. The number of carbonyl (C=O) groups excluding carboxylic acids is 1. The van der Waals surface area contributed by atoms with Gasteiger partial charge in [-0.2, -0.15) is 0 Å². The van der Waals surface area contributed by atoms with Crippen LogP contribution in [0.2, 0.25) is 0 Å². The molecule has 1 aliphatic carbocycles. The molecule has 1 aromatic rings. The Balaban J connectivity index is 1.88. The molecule has 1 unspecified atom stereocenters. The Morgan fingerprint density at radius 3 is 2.84 bits per heavy atom. The Labute approximate surface area is 122 Å². The second kappa shape index (κ2) is 6.39. The molecule has 1 saturated carbocycles. The minimum absolute atomic E-state index is 0.0179. The van der Waals surface area contributed by atoms with Crippen LogP contribution in [0.15, 0.2) is 22.7 Å². The molecule has 1 aliphatic rings. The van der Waals surface area contributed by atoms with Crippen molar-refractivity contribution < 1.29 is 9.53 Å². The van der Waals surface area contributed by atoms with Crippen LogP contribution >= 0.6 is 15.9 Å². The van der Waals surface area contributed by atoms with Gasteiger partial charge in [0.05, 0.1) is 24.2 Å². The first-order chi connectivity index (χ1) is 9.10. The Morgan fingerprint density at radius 2 is 2.26 bits per heavy atom. The molecule has 2 N–H and O–H groups in total.